The third-order valence-corrected chi connectivity index (χ3v) is 6.30. The number of hydrogen-bond donors (Lipinski definition) is 0. The molecule has 0 radical (unpaired) electrons. The summed E-state index contributed by atoms with van der Waals surface area (Å²) in [5.41, 5.74) is 2.14. The summed E-state index contributed by atoms with van der Waals surface area (Å²) in [6.07, 6.45) is 2.69. The van der Waals surface area contributed by atoms with Crippen molar-refractivity contribution in [1.82, 2.24) is 4.90 Å². The van der Waals surface area contributed by atoms with Crippen LogP contribution in [0.25, 0.3) is 0 Å². The van der Waals surface area contributed by atoms with Gasteiger partial charge in [-0.1, -0.05) is 42.5 Å². The zero-order valence-electron chi connectivity index (χ0n) is 19.2. The minimum Gasteiger partial charge on any atom is -0.308 e. The minimum atomic E-state index is -0.834. The van der Waals surface area contributed by atoms with E-state index in [-0.39, 0.29) is 5.56 Å². The zero-order valence-corrected chi connectivity index (χ0v) is 19.2. The lowest BCUT2D eigenvalue weighted by molar-refractivity contribution is -0.422. The lowest BCUT2D eigenvalue weighted by Gasteiger charge is -2.25. The second kappa shape index (κ2) is 10.9. The number of carbonyl (C=O) groups excluding carboxylic acids is 1. The van der Waals surface area contributed by atoms with Crippen LogP contribution < -0.4 is 4.90 Å². The lowest BCUT2D eigenvalue weighted by atomic mass is 10.0. The monoisotopic (exact) mass is 474 g/mol. The molecule has 180 valence electrons. The Hall–Kier alpha value is -4.11. The molecule has 4 rings (SSSR count). The molecule has 1 aliphatic rings. The molecular formula is C26H26N4O5. The van der Waals surface area contributed by atoms with Crippen LogP contribution in [-0.4, -0.2) is 46.8 Å². The number of nitro benzene ring substituents is 2. The molecule has 0 saturated carbocycles. The Morgan fingerprint density at radius 2 is 1.43 bits per heavy atom. The van der Waals surface area contributed by atoms with Crippen molar-refractivity contribution in [2.24, 2.45) is 0 Å². The van der Waals surface area contributed by atoms with Crippen molar-refractivity contribution in [3.8, 4) is 0 Å². The molecule has 1 heterocycles. The predicted octanol–water partition coefficient (Wildman–Crippen LogP) is 4.64. The number of nitro groups is 2. The fraction of sp³-hybridized carbons (Fsp3) is 0.269. The maximum absolute atomic E-state index is 13.4. The summed E-state index contributed by atoms with van der Waals surface area (Å²) in [5.74, 6) is -0.433. The van der Waals surface area contributed by atoms with E-state index in [1.807, 2.05) is 18.2 Å². The number of benzene rings is 3. The van der Waals surface area contributed by atoms with Crippen LogP contribution in [0.5, 0.6) is 0 Å². The number of hydrogen-bond acceptors (Lipinski definition) is 6. The summed E-state index contributed by atoms with van der Waals surface area (Å²) in [5, 5.41) is 22.5. The van der Waals surface area contributed by atoms with Crippen molar-refractivity contribution in [1.29, 1.82) is 0 Å². The molecule has 3 aromatic carbocycles. The van der Waals surface area contributed by atoms with Crippen LogP contribution in [0.1, 0.15) is 27.9 Å². The molecule has 3 aromatic rings. The molecule has 0 spiro atoms. The molecule has 9 nitrogen and oxygen atoms in total. The topological polar surface area (TPSA) is 110 Å². The van der Waals surface area contributed by atoms with Gasteiger partial charge in [-0.25, -0.2) is 0 Å². The van der Waals surface area contributed by atoms with Crippen LogP contribution in [0.15, 0.2) is 72.8 Å². The van der Waals surface area contributed by atoms with Gasteiger partial charge in [0.15, 0.2) is 0 Å². The summed E-state index contributed by atoms with van der Waals surface area (Å²) in [7, 11) is 0. The van der Waals surface area contributed by atoms with Crippen molar-refractivity contribution in [3.63, 3.8) is 0 Å². The summed E-state index contributed by atoms with van der Waals surface area (Å²) in [6.45, 7) is 3.12. The molecule has 0 fully saturated rings. The van der Waals surface area contributed by atoms with E-state index in [0.29, 0.717) is 18.7 Å². The SMILES string of the molecule is O=C(c1ccc([N+](=O)[O-])c([N+](=O)[O-])c1)N(CCCN1CCc2ccccc2CC1)c1ccccc1. The molecule has 0 N–H and O–H groups in total. The van der Waals surface area contributed by atoms with Gasteiger partial charge in [-0.3, -0.25) is 25.0 Å². The predicted molar refractivity (Wildman–Crippen MR) is 133 cm³/mol. The highest BCUT2D eigenvalue weighted by Gasteiger charge is 2.27. The van der Waals surface area contributed by atoms with Crippen LogP contribution in [0.3, 0.4) is 0 Å². The van der Waals surface area contributed by atoms with E-state index >= 15 is 0 Å². The second-order valence-electron chi connectivity index (χ2n) is 8.47. The second-order valence-corrected chi connectivity index (χ2v) is 8.47. The molecule has 1 amide bonds. The van der Waals surface area contributed by atoms with E-state index in [9.17, 15) is 25.0 Å². The van der Waals surface area contributed by atoms with Crippen LogP contribution in [0.2, 0.25) is 0 Å². The van der Waals surface area contributed by atoms with Crippen LogP contribution in [0, 0.1) is 20.2 Å². The largest absolute Gasteiger partial charge is 0.346 e. The maximum atomic E-state index is 13.4. The van der Waals surface area contributed by atoms with Gasteiger partial charge in [0.2, 0.25) is 0 Å². The highest BCUT2D eigenvalue weighted by Crippen LogP contribution is 2.29. The van der Waals surface area contributed by atoms with E-state index < -0.39 is 27.1 Å². The molecule has 0 bridgehead atoms. The van der Waals surface area contributed by atoms with Crippen molar-refractivity contribution >= 4 is 23.0 Å². The number of fused-ring (bicyclic) bond motifs is 1. The Morgan fingerprint density at radius 1 is 0.829 bits per heavy atom. The van der Waals surface area contributed by atoms with Gasteiger partial charge in [-0.2, -0.15) is 0 Å². The molecule has 0 saturated heterocycles. The van der Waals surface area contributed by atoms with Crippen molar-refractivity contribution in [3.05, 3.63) is 110 Å². The van der Waals surface area contributed by atoms with Gasteiger partial charge in [0.05, 0.1) is 9.85 Å². The van der Waals surface area contributed by atoms with E-state index in [1.165, 1.54) is 17.2 Å². The summed E-state index contributed by atoms with van der Waals surface area (Å²) in [6, 6.07) is 20.9. The van der Waals surface area contributed by atoms with Gasteiger partial charge < -0.3 is 9.80 Å². The third-order valence-electron chi connectivity index (χ3n) is 6.30. The molecule has 1 aliphatic heterocycles. The van der Waals surface area contributed by atoms with E-state index in [1.54, 1.807) is 17.0 Å². The van der Waals surface area contributed by atoms with Gasteiger partial charge in [-0.15, -0.1) is 0 Å². The summed E-state index contributed by atoms with van der Waals surface area (Å²) in [4.78, 5) is 38.2. The summed E-state index contributed by atoms with van der Waals surface area (Å²) < 4.78 is 0. The van der Waals surface area contributed by atoms with E-state index in [4.69, 9.17) is 0 Å². The Morgan fingerprint density at radius 3 is 2.03 bits per heavy atom. The Bertz CT molecular complexity index is 1200. The number of anilines is 1. The molecular weight excluding hydrogens is 448 g/mol. The van der Waals surface area contributed by atoms with E-state index in [2.05, 4.69) is 29.2 Å². The maximum Gasteiger partial charge on any atom is 0.346 e. The lowest BCUT2D eigenvalue weighted by Crippen LogP contribution is -2.35. The Balaban J connectivity index is 1.48. The number of rotatable bonds is 8. The average molecular weight is 475 g/mol. The quantitative estimate of drug-likeness (QED) is 0.347. The number of amides is 1. The fourth-order valence-electron chi connectivity index (χ4n) is 4.46. The Labute approximate surface area is 202 Å². The van der Waals surface area contributed by atoms with Crippen LogP contribution >= 0.6 is 0 Å². The number of para-hydroxylation sites is 1. The average Bonchev–Trinajstić information content (AvgIpc) is 3.09. The highest BCUT2D eigenvalue weighted by atomic mass is 16.6. The molecule has 0 unspecified atom stereocenters. The first-order chi connectivity index (χ1) is 16.9. The smallest absolute Gasteiger partial charge is 0.308 e. The normalized spacial score (nSPS) is 13.5. The fourth-order valence-corrected chi connectivity index (χ4v) is 4.46. The van der Waals surface area contributed by atoms with Gasteiger partial charge >= 0.3 is 11.4 Å². The Kier molecular flexibility index (Phi) is 7.47. The van der Waals surface area contributed by atoms with E-state index in [0.717, 1.165) is 44.6 Å². The van der Waals surface area contributed by atoms with Gasteiger partial charge in [-0.05, 0) is 55.1 Å². The standard InChI is InChI=1S/C26H26N4O5/c31-26(22-11-12-24(29(32)33)25(19-22)30(34)35)28(23-9-2-1-3-10-23)16-6-15-27-17-13-20-7-4-5-8-21(20)14-18-27/h1-5,7-12,19H,6,13-18H2. The van der Waals surface area contributed by atoms with Gasteiger partial charge in [0.1, 0.15) is 0 Å². The van der Waals surface area contributed by atoms with Crippen molar-refractivity contribution < 1.29 is 14.6 Å². The first-order valence-corrected chi connectivity index (χ1v) is 11.5. The molecule has 35 heavy (non-hydrogen) atoms. The molecule has 0 aromatic heterocycles. The van der Waals surface area contributed by atoms with Crippen LogP contribution in [-0.2, 0) is 12.8 Å². The first-order valence-electron chi connectivity index (χ1n) is 11.5. The molecule has 9 heteroatoms. The molecule has 0 aliphatic carbocycles. The summed E-state index contributed by atoms with van der Waals surface area (Å²) >= 11 is 0. The third kappa shape index (κ3) is 5.70. The first kappa shape index (κ1) is 24.0. The van der Waals surface area contributed by atoms with Gasteiger partial charge in [0.25, 0.3) is 5.91 Å². The number of nitrogens with zero attached hydrogens (tertiary/aromatic N) is 4. The highest BCUT2D eigenvalue weighted by molar-refractivity contribution is 6.06. The van der Waals surface area contributed by atoms with Crippen LogP contribution in [0.4, 0.5) is 17.1 Å². The molecule has 0 atom stereocenters. The minimum absolute atomic E-state index is 0.0383. The zero-order chi connectivity index (χ0) is 24.8. The number of carbonyl (C=O) groups is 1. The van der Waals surface area contributed by atoms with Gasteiger partial charge in [0, 0.05) is 43.0 Å². The van der Waals surface area contributed by atoms with Crippen molar-refractivity contribution in [2.45, 2.75) is 19.3 Å². The van der Waals surface area contributed by atoms with Crippen molar-refractivity contribution in [2.75, 3.05) is 31.1 Å².